The van der Waals surface area contributed by atoms with E-state index in [9.17, 15) is 5.11 Å². The number of hydrogen-bond donors (Lipinski definition) is 1. The van der Waals surface area contributed by atoms with Crippen LogP contribution in [0.25, 0.3) is 11.0 Å². The fraction of sp³-hybridized carbons (Fsp3) is 0.167. The van der Waals surface area contributed by atoms with Gasteiger partial charge in [-0.05, 0) is 29.1 Å². The molecular weight excluding hydrogens is 234 g/mol. The van der Waals surface area contributed by atoms with E-state index < -0.39 is 6.10 Å². The van der Waals surface area contributed by atoms with E-state index in [-0.39, 0.29) is 0 Å². The Morgan fingerprint density at radius 1 is 1.35 bits per heavy atom. The second kappa shape index (κ2) is 3.94. The predicted octanol–water partition coefficient (Wildman–Crippen LogP) is 2.11. The molecule has 3 rings (SSSR count). The van der Waals surface area contributed by atoms with Crippen LogP contribution in [0.1, 0.15) is 16.5 Å². The molecule has 1 unspecified atom stereocenters. The van der Waals surface area contributed by atoms with Gasteiger partial charge in [0.1, 0.15) is 11.6 Å². The molecular formula is C12H11N3OS. The van der Waals surface area contributed by atoms with Gasteiger partial charge in [-0.25, -0.2) is 4.68 Å². The summed E-state index contributed by atoms with van der Waals surface area (Å²) in [5.74, 6) is 0. The van der Waals surface area contributed by atoms with Crippen molar-refractivity contribution in [2.24, 2.45) is 7.05 Å². The Kier molecular flexibility index (Phi) is 2.42. The van der Waals surface area contributed by atoms with Gasteiger partial charge in [-0.1, -0.05) is 17.3 Å². The first kappa shape index (κ1) is 10.4. The summed E-state index contributed by atoms with van der Waals surface area (Å²) in [6, 6.07) is 9.59. The van der Waals surface area contributed by atoms with Crippen molar-refractivity contribution in [3.63, 3.8) is 0 Å². The molecule has 1 N–H and O–H groups in total. The van der Waals surface area contributed by atoms with E-state index in [1.165, 1.54) is 0 Å². The molecule has 0 saturated heterocycles. The fourth-order valence-electron chi connectivity index (χ4n) is 1.84. The van der Waals surface area contributed by atoms with Crippen LogP contribution in [0.5, 0.6) is 0 Å². The highest BCUT2D eigenvalue weighted by Crippen LogP contribution is 2.27. The highest BCUT2D eigenvalue weighted by Gasteiger charge is 2.13. The van der Waals surface area contributed by atoms with Crippen LogP contribution in [0.15, 0.2) is 35.7 Å². The number of fused-ring (bicyclic) bond motifs is 1. The highest BCUT2D eigenvalue weighted by molar-refractivity contribution is 7.10. The lowest BCUT2D eigenvalue weighted by Crippen LogP contribution is -1.97. The Morgan fingerprint density at radius 2 is 2.24 bits per heavy atom. The van der Waals surface area contributed by atoms with E-state index in [4.69, 9.17) is 0 Å². The van der Waals surface area contributed by atoms with Crippen molar-refractivity contribution in [2.45, 2.75) is 6.10 Å². The lowest BCUT2D eigenvalue weighted by atomic mass is 10.1. The first-order valence-electron chi connectivity index (χ1n) is 5.26. The maximum Gasteiger partial charge on any atom is 0.113 e. The van der Waals surface area contributed by atoms with E-state index >= 15 is 0 Å². The zero-order valence-electron chi connectivity index (χ0n) is 9.24. The molecule has 3 aromatic rings. The monoisotopic (exact) mass is 245 g/mol. The van der Waals surface area contributed by atoms with Gasteiger partial charge in [-0.3, -0.25) is 0 Å². The Bertz CT molecular complexity index is 645. The normalized spacial score (nSPS) is 13.1. The van der Waals surface area contributed by atoms with E-state index in [0.717, 1.165) is 21.5 Å². The highest BCUT2D eigenvalue weighted by atomic mass is 32.1. The van der Waals surface area contributed by atoms with Crippen molar-refractivity contribution in [1.82, 2.24) is 15.0 Å². The molecule has 0 aliphatic rings. The summed E-state index contributed by atoms with van der Waals surface area (Å²) in [4.78, 5) is 0.938. The molecule has 2 heterocycles. The maximum atomic E-state index is 10.2. The number of hydrogen-bond acceptors (Lipinski definition) is 4. The first-order valence-corrected chi connectivity index (χ1v) is 6.14. The number of nitrogens with zero attached hydrogens (tertiary/aromatic N) is 3. The van der Waals surface area contributed by atoms with Crippen molar-refractivity contribution < 1.29 is 5.11 Å². The minimum atomic E-state index is -0.582. The number of benzene rings is 1. The number of aryl methyl sites for hydroxylation is 1. The molecule has 0 radical (unpaired) electrons. The third kappa shape index (κ3) is 1.73. The first-order chi connectivity index (χ1) is 8.25. The van der Waals surface area contributed by atoms with Crippen molar-refractivity contribution in [2.75, 3.05) is 0 Å². The molecule has 0 spiro atoms. The third-order valence-electron chi connectivity index (χ3n) is 2.76. The van der Waals surface area contributed by atoms with Crippen molar-refractivity contribution >= 4 is 22.4 Å². The molecule has 5 heteroatoms. The van der Waals surface area contributed by atoms with Gasteiger partial charge in [0.2, 0.25) is 0 Å². The van der Waals surface area contributed by atoms with E-state index in [1.54, 1.807) is 16.0 Å². The molecule has 0 fully saturated rings. The van der Waals surface area contributed by atoms with Crippen molar-refractivity contribution in [1.29, 1.82) is 0 Å². The number of thiophene rings is 1. The zero-order valence-corrected chi connectivity index (χ0v) is 10.1. The summed E-state index contributed by atoms with van der Waals surface area (Å²) in [5, 5.41) is 20.2. The van der Waals surface area contributed by atoms with Crippen LogP contribution >= 0.6 is 11.3 Å². The molecule has 86 valence electrons. The summed E-state index contributed by atoms with van der Waals surface area (Å²) in [7, 11) is 1.85. The van der Waals surface area contributed by atoms with Gasteiger partial charge in [0.05, 0.1) is 5.52 Å². The minimum absolute atomic E-state index is 0.582. The van der Waals surface area contributed by atoms with E-state index in [2.05, 4.69) is 10.3 Å². The molecule has 17 heavy (non-hydrogen) atoms. The lowest BCUT2D eigenvalue weighted by Gasteiger charge is -2.08. The summed E-state index contributed by atoms with van der Waals surface area (Å²) in [6.45, 7) is 0. The molecule has 1 aromatic carbocycles. The smallest absolute Gasteiger partial charge is 0.113 e. The van der Waals surface area contributed by atoms with Crippen molar-refractivity contribution in [3.05, 3.63) is 46.2 Å². The van der Waals surface area contributed by atoms with Crippen molar-refractivity contribution in [3.8, 4) is 0 Å². The Labute approximate surface area is 102 Å². The van der Waals surface area contributed by atoms with E-state index in [1.807, 2.05) is 42.8 Å². The summed E-state index contributed by atoms with van der Waals surface area (Å²) in [5.41, 5.74) is 2.62. The number of aliphatic hydroxyl groups excluding tert-OH is 1. The van der Waals surface area contributed by atoms with Gasteiger partial charge in [-0.15, -0.1) is 16.4 Å². The molecule has 4 nitrogen and oxygen atoms in total. The van der Waals surface area contributed by atoms with Crippen LogP contribution < -0.4 is 0 Å². The summed E-state index contributed by atoms with van der Waals surface area (Å²) in [6.07, 6.45) is -0.582. The zero-order chi connectivity index (χ0) is 11.8. The Morgan fingerprint density at radius 3 is 3.00 bits per heavy atom. The molecule has 0 aliphatic carbocycles. The van der Waals surface area contributed by atoms with Gasteiger partial charge in [0.15, 0.2) is 0 Å². The molecule has 0 saturated carbocycles. The van der Waals surface area contributed by atoms with Crippen LogP contribution in [-0.4, -0.2) is 20.1 Å². The number of rotatable bonds is 2. The van der Waals surface area contributed by atoms with Gasteiger partial charge in [-0.2, -0.15) is 0 Å². The fourth-order valence-corrected chi connectivity index (χ4v) is 2.58. The average molecular weight is 245 g/mol. The molecule has 0 amide bonds. The second-order valence-electron chi connectivity index (χ2n) is 3.88. The largest absolute Gasteiger partial charge is 0.383 e. The maximum absolute atomic E-state index is 10.2. The van der Waals surface area contributed by atoms with Gasteiger partial charge in [0, 0.05) is 11.9 Å². The molecule has 1 atom stereocenters. The van der Waals surface area contributed by atoms with Crippen LogP contribution in [0.4, 0.5) is 0 Å². The van der Waals surface area contributed by atoms with E-state index in [0.29, 0.717) is 0 Å². The Hall–Kier alpha value is -1.72. The average Bonchev–Trinajstić information content (AvgIpc) is 2.98. The number of aromatic nitrogens is 3. The third-order valence-corrected chi connectivity index (χ3v) is 3.69. The summed E-state index contributed by atoms with van der Waals surface area (Å²) >= 11 is 1.55. The quantitative estimate of drug-likeness (QED) is 0.752. The summed E-state index contributed by atoms with van der Waals surface area (Å²) < 4.78 is 1.72. The molecule has 0 aliphatic heterocycles. The van der Waals surface area contributed by atoms with Crippen LogP contribution in [-0.2, 0) is 7.05 Å². The topological polar surface area (TPSA) is 50.9 Å². The lowest BCUT2D eigenvalue weighted by molar-refractivity contribution is 0.224. The van der Waals surface area contributed by atoms with Gasteiger partial charge >= 0.3 is 0 Å². The second-order valence-corrected chi connectivity index (χ2v) is 4.86. The standard InChI is InChI=1S/C12H11N3OS/c1-15-10-5-4-8(7-9(10)13-14-15)12(16)11-3-2-6-17-11/h2-7,12,16H,1H3. The van der Waals surface area contributed by atoms with Crippen LogP contribution in [0.3, 0.4) is 0 Å². The minimum Gasteiger partial charge on any atom is -0.383 e. The predicted molar refractivity (Wildman–Crippen MR) is 66.9 cm³/mol. The van der Waals surface area contributed by atoms with Crippen LogP contribution in [0.2, 0.25) is 0 Å². The number of aliphatic hydroxyl groups is 1. The molecule has 2 aromatic heterocycles. The SMILES string of the molecule is Cn1nnc2cc(C(O)c3cccs3)ccc21. The van der Waals surface area contributed by atoms with Crippen LogP contribution in [0, 0.1) is 0 Å². The van der Waals surface area contributed by atoms with Gasteiger partial charge < -0.3 is 5.11 Å². The van der Waals surface area contributed by atoms with Gasteiger partial charge in [0.25, 0.3) is 0 Å². The molecule has 0 bridgehead atoms. The Balaban J connectivity index is 2.06.